The molecule has 1 atom stereocenters. The summed E-state index contributed by atoms with van der Waals surface area (Å²) >= 11 is -0.110. The smallest absolute Gasteiger partial charge is 0.330 e. The maximum atomic E-state index is 12.4. The molecule has 0 amide bonds. The number of benzene rings is 1. The Kier molecular flexibility index (Phi) is 5.98. The largest absolute Gasteiger partial charge is 0.446 e. The van der Waals surface area contributed by atoms with Crippen LogP contribution in [-0.2, 0) is 0 Å². The molecule has 0 heterocycles. The lowest BCUT2D eigenvalue weighted by Crippen LogP contribution is -2.13. The van der Waals surface area contributed by atoms with Crippen molar-refractivity contribution in [3.8, 4) is 0 Å². The maximum absolute atomic E-state index is 12.4. The van der Waals surface area contributed by atoms with Crippen molar-refractivity contribution in [3.63, 3.8) is 0 Å². The van der Waals surface area contributed by atoms with Crippen LogP contribution >= 0.6 is 11.8 Å². The van der Waals surface area contributed by atoms with Crippen molar-refractivity contribution in [2.24, 2.45) is 11.5 Å². The van der Waals surface area contributed by atoms with E-state index in [-0.39, 0.29) is 22.7 Å². The van der Waals surface area contributed by atoms with E-state index < -0.39 is 5.51 Å². The van der Waals surface area contributed by atoms with Gasteiger partial charge in [0.05, 0.1) is 0 Å². The summed E-state index contributed by atoms with van der Waals surface area (Å²) in [6, 6.07) is 6.03. The molecule has 0 fully saturated rings. The molecule has 0 aliphatic carbocycles. The maximum Gasteiger partial charge on any atom is 0.446 e. The van der Waals surface area contributed by atoms with Crippen LogP contribution in [0.3, 0.4) is 0 Å². The number of alkyl halides is 3. The normalized spacial score (nSPS) is 13.6. The fourth-order valence-corrected chi connectivity index (χ4v) is 2.40. The average Bonchev–Trinajstić information content (AvgIpc) is 2.27. The van der Waals surface area contributed by atoms with Gasteiger partial charge in [-0.05, 0) is 42.8 Å². The second-order valence-electron chi connectivity index (χ2n) is 3.98. The third-order valence-corrected chi connectivity index (χ3v) is 3.34. The van der Waals surface area contributed by atoms with E-state index in [0.717, 1.165) is 12.8 Å². The number of hydrogen-bond acceptors (Lipinski definition) is 3. The number of rotatable bonds is 6. The SMILES string of the molecule is NCCCC[C@H](N)c1ccccc1SC(F)(F)F. The minimum absolute atomic E-state index is 0.110. The highest BCUT2D eigenvalue weighted by Crippen LogP contribution is 2.40. The highest BCUT2D eigenvalue weighted by Gasteiger charge is 2.30. The molecule has 0 bridgehead atoms. The van der Waals surface area contributed by atoms with Crippen molar-refractivity contribution in [2.45, 2.75) is 35.7 Å². The Balaban J connectivity index is 2.74. The molecule has 1 aromatic carbocycles. The summed E-state index contributed by atoms with van der Waals surface area (Å²) in [5, 5.41) is 0. The van der Waals surface area contributed by atoms with Crippen LogP contribution in [0.1, 0.15) is 30.9 Å². The van der Waals surface area contributed by atoms with E-state index >= 15 is 0 Å². The van der Waals surface area contributed by atoms with Gasteiger partial charge < -0.3 is 11.5 Å². The summed E-state index contributed by atoms with van der Waals surface area (Å²) in [6.07, 6.45) is 2.30. The average molecular weight is 278 g/mol. The summed E-state index contributed by atoms with van der Waals surface area (Å²) in [4.78, 5) is 0.185. The number of thioether (sulfide) groups is 1. The van der Waals surface area contributed by atoms with Gasteiger partial charge in [0.15, 0.2) is 0 Å². The minimum atomic E-state index is -4.28. The van der Waals surface area contributed by atoms with Gasteiger partial charge in [-0.25, -0.2) is 0 Å². The third-order valence-electron chi connectivity index (χ3n) is 2.51. The molecule has 1 aromatic rings. The number of halogens is 3. The molecule has 4 N–H and O–H groups in total. The van der Waals surface area contributed by atoms with Crippen LogP contribution in [-0.4, -0.2) is 12.1 Å². The number of hydrogen-bond donors (Lipinski definition) is 2. The first-order valence-electron chi connectivity index (χ1n) is 5.74. The molecular weight excluding hydrogens is 261 g/mol. The fourth-order valence-electron chi connectivity index (χ4n) is 1.67. The summed E-state index contributed by atoms with van der Waals surface area (Å²) in [5.41, 5.74) is 7.57. The van der Waals surface area contributed by atoms with E-state index in [4.69, 9.17) is 11.5 Å². The monoisotopic (exact) mass is 278 g/mol. The lowest BCUT2D eigenvalue weighted by Gasteiger charge is -2.16. The molecular formula is C12H17F3N2S. The predicted octanol–water partition coefficient (Wildman–Crippen LogP) is 3.43. The molecule has 0 saturated heterocycles. The van der Waals surface area contributed by atoms with E-state index in [1.165, 1.54) is 6.07 Å². The molecule has 0 aliphatic heterocycles. The molecule has 1 rings (SSSR count). The minimum Gasteiger partial charge on any atom is -0.330 e. The molecule has 18 heavy (non-hydrogen) atoms. The zero-order valence-corrected chi connectivity index (χ0v) is 10.7. The van der Waals surface area contributed by atoms with Gasteiger partial charge in [-0.2, -0.15) is 13.2 Å². The number of unbranched alkanes of at least 4 members (excludes halogenated alkanes) is 1. The van der Waals surface area contributed by atoms with Crippen molar-refractivity contribution in [3.05, 3.63) is 29.8 Å². The topological polar surface area (TPSA) is 52.0 Å². The highest BCUT2D eigenvalue weighted by atomic mass is 32.2. The molecule has 0 unspecified atom stereocenters. The van der Waals surface area contributed by atoms with Gasteiger partial charge in [-0.1, -0.05) is 24.6 Å². The Morgan fingerprint density at radius 3 is 2.44 bits per heavy atom. The second-order valence-corrected chi connectivity index (χ2v) is 5.08. The van der Waals surface area contributed by atoms with Crippen LogP contribution in [0.4, 0.5) is 13.2 Å². The van der Waals surface area contributed by atoms with Crippen LogP contribution in [0.25, 0.3) is 0 Å². The van der Waals surface area contributed by atoms with Gasteiger partial charge in [0.1, 0.15) is 0 Å². The van der Waals surface area contributed by atoms with Crippen LogP contribution in [0.5, 0.6) is 0 Å². The Morgan fingerprint density at radius 1 is 1.17 bits per heavy atom. The highest BCUT2D eigenvalue weighted by molar-refractivity contribution is 8.00. The first-order valence-corrected chi connectivity index (χ1v) is 6.56. The predicted molar refractivity (Wildman–Crippen MR) is 68.2 cm³/mol. The van der Waals surface area contributed by atoms with Crippen molar-refractivity contribution in [2.75, 3.05) is 6.54 Å². The van der Waals surface area contributed by atoms with E-state index in [1.54, 1.807) is 18.2 Å². The second kappa shape index (κ2) is 7.01. The van der Waals surface area contributed by atoms with Crippen molar-refractivity contribution < 1.29 is 13.2 Å². The Morgan fingerprint density at radius 2 is 1.83 bits per heavy atom. The Hall–Kier alpha value is -0.720. The van der Waals surface area contributed by atoms with Crippen LogP contribution < -0.4 is 11.5 Å². The molecule has 0 aromatic heterocycles. The van der Waals surface area contributed by atoms with Gasteiger partial charge in [0.2, 0.25) is 0 Å². The lowest BCUT2D eigenvalue weighted by molar-refractivity contribution is -0.0328. The first kappa shape index (κ1) is 15.3. The number of nitrogens with two attached hydrogens (primary N) is 2. The van der Waals surface area contributed by atoms with Crippen molar-refractivity contribution >= 4 is 11.8 Å². The quantitative estimate of drug-likeness (QED) is 0.619. The summed E-state index contributed by atoms with van der Waals surface area (Å²) < 4.78 is 37.2. The molecule has 6 heteroatoms. The van der Waals surface area contributed by atoms with Crippen LogP contribution in [0, 0.1) is 0 Å². The summed E-state index contributed by atoms with van der Waals surface area (Å²) in [7, 11) is 0. The van der Waals surface area contributed by atoms with Gasteiger partial charge in [0.25, 0.3) is 0 Å². The molecule has 0 saturated carbocycles. The molecule has 0 radical (unpaired) electrons. The molecule has 0 spiro atoms. The first-order chi connectivity index (χ1) is 8.44. The van der Waals surface area contributed by atoms with Crippen molar-refractivity contribution in [1.29, 1.82) is 0 Å². The van der Waals surface area contributed by atoms with Crippen molar-refractivity contribution in [1.82, 2.24) is 0 Å². The third kappa shape index (κ3) is 5.29. The zero-order chi connectivity index (χ0) is 13.6. The molecule has 0 aliphatic rings. The summed E-state index contributed by atoms with van der Waals surface area (Å²) in [5.74, 6) is 0. The standard InChI is InChI=1S/C12H17F3N2S/c13-12(14,15)18-11-7-2-1-5-9(11)10(17)6-3-4-8-16/h1-2,5,7,10H,3-4,6,8,16-17H2/t10-/m0/s1. The molecule has 2 nitrogen and oxygen atoms in total. The van der Waals surface area contributed by atoms with Gasteiger partial charge in [-0.15, -0.1) is 0 Å². The van der Waals surface area contributed by atoms with Crippen LogP contribution in [0.15, 0.2) is 29.2 Å². The summed E-state index contributed by atoms with van der Waals surface area (Å²) in [6.45, 7) is 0.575. The van der Waals surface area contributed by atoms with E-state index in [1.807, 2.05) is 0 Å². The van der Waals surface area contributed by atoms with Crippen LogP contribution in [0.2, 0.25) is 0 Å². The Labute approximate surface area is 109 Å². The van der Waals surface area contributed by atoms with Gasteiger partial charge >= 0.3 is 5.51 Å². The Bertz CT molecular complexity index is 369. The van der Waals surface area contributed by atoms with E-state index in [2.05, 4.69) is 0 Å². The van der Waals surface area contributed by atoms with E-state index in [9.17, 15) is 13.2 Å². The van der Waals surface area contributed by atoms with Gasteiger partial charge in [0, 0.05) is 10.9 Å². The van der Waals surface area contributed by atoms with Gasteiger partial charge in [-0.3, -0.25) is 0 Å². The lowest BCUT2D eigenvalue weighted by atomic mass is 10.0. The zero-order valence-electron chi connectivity index (χ0n) is 9.91. The van der Waals surface area contributed by atoms with E-state index in [0.29, 0.717) is 18.5 Å². The molecule has 102 valence electrons. The fraction of sp³-hybridized carbons (Fsp3) is 0.500.